The first-order valence-corrected chi connectivity index (χ1v) is 12.3. The highest BCUT2D eigenvalue weighted by atomic mass is 16.5. The predicted octanol–water partition coefficient (Wildman–Crippen LogP) is 4.33. The Balaban J connectivity index is 1.33. The normalized spacial score (nSPS) is 14.0. The number of hydrogen-bond donors (Lipinski definition) is 1. The van der Waals surface area contributed by atoms with E-state index in [1.54, 1.807) is 6.20 Å². The van der Waals surface area contributed by atoms with Crippen molar-refractivity contribution in [2.24, 2.45) is 0 Å². The second-order valence-electron chi connectivity index (χ2n) is 9.19. The van der Waals surface area contributed by atoms with Crippen LogP contribution in [0.25, 0.3) is 10.9 Å². The molecule has 9 nitrogen and oxygen atoms in total. The minimum absolute atomic E-state index is 0.0218. The molecule has 1 amide bonds. The summed E-state index contributed by atoms with van der Waals surface area (Å²) in [6, 6.07) is 15.2. The number of amides is 1. The SMILES string of the molecule is Cc1ccc(Oc2ccc(Nc3ncnc4cccc(OCC(=O)N5CCN(C)CC5)c34)cc2C)cn1. The molecule has 190 valence electrons. The molecule has 0 atom stereocenters. The first kappa shape index (κ1) is 24.5. The summed E-state index contributed by atoms with van der Waals surface area (Å²) >= 11 is 0. The first-order valence-electron chi connectivity index (χ1n) is 12.3. The highest BCUT2D eigenvalue weighted by Gasteiger charge is 2.20. The Bertz CT molecular complexity index is 1400. The van der Waals surface area contributed by atoms with Gasteiger partial charge in [0.05, 0.1) is 17.1 Å². The molecule has 2 aromatic heterocycles. The first-order chi connectivity index (χ1) is 18.0. The van der Waals surface area contributed by atoms with Crippen molar-refractivity contribution in [3.8, 4) is 17.2 Å². The van der Waals surface area contributed by atoms with Crippen LogP contribution in [-0.2, 0) is 4.79 Å². The van der Waals surface area contributed by atoms with Gasteiger partial charge < -0.3 is 24.6 Å². The molecule has 9 heteroatoms. The third-order valence-electron chi connectivity index (χ3n) is 6.38. The third kappa shape index (κ3) is 5.78. The number of nitrogens with one attached hydrogen (secondary N) is 1. The van der Waals surface area contributed by atoms with Crippen LogP contribution in [0.2, 0.25) is 0 Å². The lowest BCUT2D eigenvalue weighted by molar-refractivity contribution is -0.134. The lowest BCUT2D eigenvalue weighted by Gasteiger charge is -2.32. The van der Waals surface area contributed by atoms with Gasteiger partial charge >= 0.3 is 0 Å². The van der Waals surface area contributed by atoms with E-state index in [-0.39, 0.29) is 12.5 Å². The Morgan fingerprint density at radius 1 is 0.973 bits per heavy atom. The van der Waals surface area contributed by atoms with Crippen LogP contribution in [-0.4, -0.2) is 70.5 Å². The summed E-state index contributed by atoms with van der Waals surface area (Å²) in [5.41, 5.74) is 3.46. The van der Waals surface area contributed by atoms with Crippen molar-refractivity contribution in [3.05, 3.63) is 72.3 Å². The number of likely N-dealkylation sites (N-methyl/N-ethyl adjacent to an activating group) is 1. The van der Waals surface area contributed by atoms with Gasteiger partial charge in [-0.1, -0.05) is 6.07 Å². The number of benzene rings is 2. The monoisotopic (exact) mass is 498 g/mol. The number of rotatable bonds is 7. The molecule has 3 heterocycles. The Morgan fingerprint density at radius 3 is 2.57 bits per heavy atom. The smallest absolute Gasteiger partial charge is 0.260 e. The fourth-order valence-electron chi connectivity index (χ4n) is 4.20. The third-order valence-corrected chi connectivity index (χ3v) is 6.38. The minimum atomic E-state index is -0.0316. The van der Waals surface area contributed by atoms with Crippen LogP contribution in [0.4, 0.5) is 11.5 Å². The molecule has 0 radical (unpaired) electrons. The van der Waals surface area contributed by atoms with E-state index in [1.807, 2.05) is 67.3 Å². The average molecular weight is 499 g/mol. The van der Waals surface area contributed by atoms with Crippen LogP contribution >= 0.6 is 0 Å². The molecular weight excluding hydrogens is 468 g/mol. The summed E-state index contributed by atoms with van der Waals surface area (Å²) in [6.07, 6.45) is 3.22. The van der Waals surface area contributed by atoms with Crippen molar-refractivity contribution in [2.75, 3.05) is 45.2 Å². The highest BCUT2D eigenvalue weighted by molar-refractivity contribution is 5.96. The molecule has 37 heavy (non-hydrogen) atoms. The number of carbonyl (C=O) groups excluding carboxylic acids is 1. The number of aromatic nitrogens is 3. The molecule has 4 aromatic rings. The summed E-state index contributed by atoms with van der Waals surface area (Å²) in [5.74, 6) is 2.57. The van der Waals surface area contributed by atoms with Crippen molar-refractivity contribution in [2.45, 2.75) is 13.8 Å². The number of piperazine rings is 1. The fourth-order valence-corrected chi connectivity index (χ4v) is 4.20. The quantitative estimate of drug-likeness (QED) is 0.403. The number of carbonyl (C=O) groups is 1. The molecule has 0 saturated carbocycles. The maximum absolute atomic E-state index is 12.7. The van der Waals surface area contributed by atoms with Gasteiger partial charge in [-0.05, 0) is 68.9 Å². The molecule has 1 fully saturated rings. The zero-order valence-corrected chi connectivity index (χ0v) is 21.3. The molecule has 2 aromatic carbocycles. The Hall–Kier alpha value is -4.24. The number of aryl methyl sites for hydroxylation is 2. The summed E-state index contributed by atoms with van der Waals surface area (Å²) in [6.45, 7) is 7.05. The van der Waals surface area contributed by atoms with Crippen molar-refractivity contribution in [1.82, 2.24) is 24.8 Å². The van der Waals surface area contributed by atoms with Gasteiger partial charge in [0.15, 0.2) is 6.61 Å². The number of hydrogen-bond acceptors (Lipinski definition) is 8. The predicted molar refractivity (Wildman–Crippen MR) is 143 cm³/mol. The van der Waals surface area contributed by atoms with Gasteiger partial charge in [-0.2, -0.15) is 0 Å². The van der Waals surface area contributed by atoms with Gasteiger partial charge in [0.1, 0.15) is 29.4 Å². The average Bonchev–Trinajstić information content (AvgIpc) is 2.90. The second-order valence-corrected chi connectivity index (χ2v) is 9.19. The van der Waals surface area contributed by atoms with Crippen LogP contribution in [0.1, 0.15) is 11.3 Å². The van der Waals surface area contributed by atoms with Gasteiger partial charge in [-0.25, -0.2) is 9.97 Å². The number of ether oxygens (including phenoxy) is 2. The van der Waals surface area contributed by atoms with Gasteiger partial charge in [0.25, 0.3) is 5.91 Å². The van der Waals surface area contributed by atoms with Gasteiger partial charge in [0, 0.05) is 37.6 Å². The van der Waals surface area contributed by atoms with Gasteiger partial charge in [-0.3, -0.25) is 9.78 Å². The van der Waals surface area contributed by atoms with E-state index in [0.29, 0.717) is 30.4 Å². The van der Waals surface area contributed by atoms with Crippen LogP contribution < -0.4 is 14.8 Å². The van der Waals surface area contributed by atoms with E-state index in [0.717, 1.165) is 46.7 Å². The summed E-state index contributed by atoms with van der Waals surface area (Å²) in [5, 5.41) is 4.10. The zero-order valence-electron chi connectivity index (χ0n) is 21.3. The lowest BCUT2D eigenvalue weighted by atomic mass is 10.1. The molecule has 0 spiro atoms. The Morgan fingerprint density at radius 2 is 1.81 bits per heavy atom. The molecule has 1 aliphatic heterocycles. The number of fused-ring (bicyclic) bond motifs is 1. The van der Waals surface area contributed by atoms with Crippen molar-refractivity contribution >= 4 is 28.3 Å². The van der Waals surface area contributed by atoms with Crippen molar-refractivity contribution < 1.29 is 14.3 Å². The maximum atomic E-state index is 12.7. The second kappa shape index (κ2) is 10.8. The number of nitrogens with zero attached hydrogens (tertiary/aromatic N) is 5. The zero-order chi connectivity index (χ0) is 25.8. The minimum Gasteiger partial charge on any atom is -0.483 e. The fraction of sp³-hybridized carbons (Fsp3) is 0.286. The molecule has 1 N–H and O–H groups in total. The molecule has 0 bridgehead atoms. The van der Waals surface area contributed by atoms with Gasteiger partial charge in [0.2, 0.25) is 0 Å². The summed E-state index contributed by atoms with van der Waals surface area (Å²) in [7, 11) is 2.06. The van der Waals surface area contributed by atoms with Crippen LogP contribution in [0.3, 0.4) is 0 Å². The standard InChI is InChI=1S/C28H30N6O3/c1-19-15-21(8-10-24(19)37-22-9-7-20(2)29-16-22)32-28-27-23(30-18-31-28)5-4-6-25(27)36-17-26(35)34-13-11-33(3)12-14-34/h4-10,15-16,18H,11-14,17H2,1-3H3,(H,30,31,32). The van der Waals surface area contributed by atoms with Crippen LogP contribution in [0.15, 0.2) is 61.1 Å². The molecule has 1 aliphatic rings. The summed E-state index contributed by atoms with van der Waals surface area (Å²) in [4.78, 5) is 29.9. The maximum Gasteiger partial charge on any atom is 0.260 e. The van der Waals surface area contributed by atoms with E-state index in [1.165, 1.54) is 6.33 Å². The Labute approximate surface area is 216 Å². The van der Waals surface area contributed by atoms with Crippen LogP contribution in [0.5, 0.6) is 17.2 Å². The number of anilines is 2. The molecule has 5 rings (SSSR count). The van der Waals surface area contributed by atoms with E-state index >= 15 is 0 Å². The van der Waals surface area contributed by atoms with Gasteiger partial charge in [-0.15, -0.1) is 0 Å². The van der Waals surface area contributed by atoms with E-state index in [2.05, 4.69) is 32.2 Å². The van der Waals surface area contributed by atoms with E-state index in [9.17, 15) is 4.79 Å². The summed E-state index contributed by atoms with van der Waals surface area (Å²) < 4.78 is 12.0. The molecule has 1 saturated heterocycles. The number of pyridine rings is 1. The topological polar surface area (TPSA) is 92.7 Å². The molecular formula is C28H30N6O3. The van der Waals surface area contributed by atoms with E-state index < -0.39 is 0 Å². The highest BCUT2D eigenvalue weighted by Crippen LogP contribution is 2.33. The largest absolute Gasteiger partial charge is 0.483 e. The Kier molecular flexibility index (Phi) is 7.14. The molecule has 0 aliphatic carbocycles. The van der Waals surface area contributed by atoms with Crippen molar-refractivity contribution in [1.29, 1.82) is 0 Å². The van der Waals surface area contributed by atoms with Crippen molar-refractivity contribution in [3.63, 3.8) is 0 Å². The molecule has 0 unspecified atom stereocenters. The lowest BCUT2D eigenvalue weighted by Crippen LogP contribution is -2.48. The van der Waals surface area contributed by atoms with Crippen LogP contribution in [0, 0.1) is 13.8 Å². The van der Waals surface area contributed by atoms with E-state index in [4.69, 9.17) is 9.47 Å².